The number of nitrogens with zero attached hydrogens (tertiary/aromatic N) is 3. The van der Waals surface area contributed by atoms with E-state index in [9.17, 15) is 4.79 Å². The van der Waals surface area contributed by atoms with E-state index in [1.807, 2.05) is 22.3 Å². The molecule has 0 aliphatic heterocycles. The summed E-state index contributed by atoms with van der Waals surface area (Å²) < 4.78 is 1.81. The number of amides is 1. The molecule has 22 heavy (non-hydrogen) atoms. The molecule has 120 valence electrons. The second-order valence-electron chi connectivity index (χ2n) is 5.62. The van der Waals surface area contributed by atoms with Crippen molar-refractivity contribution in [1.82, 2.24) is 14.3 Å². The molecular formula is C17H24ClN3O. The number of hydrogen-bond donors (Lipinski definition) is 0. The largest absolute Gasteiger partial charge is 0.337 e. The number of pyridine rings is 1. The normalized spacial score (nSPS) is 11.1. The number of aryl methyl sites for hydroxylation is 1. The molecule has 2 rings (SSSR count). The van der Waals surface area contributed by atoms with Gasteiger partial charge in [0.2, 0.25) is 0 Å². The van der Waals surface area contributed by atoms with Crippen LogP contribution in [0.15, 0.2) is 18.3 Å². The third-order valence-corrected chi connectivity index (χ3v) is 4.03. The minimum atomic E-state index is 0.0502. The predicted octanol–water partition coefficient (Wildman–Crippen LogP) is 4.34. The van der Waals surface area contributed by atoms with Gasteiger partial charge in [-0.25, -0.2) is 4.98 Å². The van der Waals surface area contributed by atoms with E-state index in [1.54, 1.807) is 12.3 Å². The van der Waals surface area contributed by atoms with Crippen molar-refractivity contribution in [3.05, 3.63) is 34.7 Å². The van der Waals surface area contributed by atoms with E-state index in [0.29, 0.717) is 10.7 Å². The van der Waals surface area contributed by atoms with E-state index in [1.165, 1.54) is 0 Å². The molecule has 5 heteroatoms. The van der Waals surface area contributed by atoms with E-state index < -0.39 is 0 Å². The predicted molar refractivity (Wildman–Crippen MR) is 90.7 cm³/mol. The van der Waals surface area contributed by atoms with Crippen molar-refractivity contribution in [2.24, 2.45) is 0 Å². The highest BCUT2D eigenvalue weighted by Crippen LogP contribution is 2.18. The van der Waals surface area contributed by atoms with Crippen LogP contribution >= 0.6 is 11.6 Å². The zero-order valence-electron chi connectivity index (χ0n) is 13.6. The number of carbonyl (C=O) groups excluding carboxylic acids is 1. The molecule has 0 saturated carbocycles. The maximum absolute atomic E-state index is 13.0. The first-order valence-electron chi connectivity index (χ1n) is 8.02. The summed E-state index contributed by atoms with van der Waals surface area (Å²) in [6.07, 6.45) is 5.96. The van der Waals surface area contributed by atoms with E-state index in [2.05, 4.69) is 18.8 Å². The van der Waals surface area contributed by atoms with Crippen LogP contribution < -0.4 is 0 Å². The lowest BCUT2D eigenvalue weighted by molar-refractivity contribution is 0.0743. The number of imidazole rings is 1. The first-order valence-corrected chi connectivity index (χ1v) is 8.39. The van der Waals surface area contributed by atoms with Crippen LogP contribution in [0.3, 0.4) is 0 Å². The Morgan fingerprint density at radius 3 is 2.45 bits per heavy atom. The third-order valence-electron chi connectivity index (χ3n) is 3.81. The lowest BCUT2D eigenvalue weighted by Gasteiger charge is -2.22. The zero-order valence-corrected chi connectivity index (χ0v) is 14.4. The van der Waals surface area contributed by atoms with Gasteiger partial charge in [0, 0.05) is 19.3 Å². The second kappa shape index (κ2) is 7.63. The number of fused-ring (bicyclic) bond motifs is 1. The molecule has 1 amide bonds. The number of aromatic nitrogens is 2. The van der Waals surface area contributed by atoms with Gasteiger partial charge in [0.15, 0.2) is 0 Å². The lowest BCUT2D eigenvalue weighted by Crippen LogP contribution is -2.34. The first kappa shape index (κ1) is 16.8. The van der Waals surface area contributed by atoms with Gasteiger partial charge >= 0.3 is 0 Å². The number of rotatable bonds is 7. The smallest absolute Gasteiger partial charge is 0.272 e. The first-order chi connectivity index (χ1) is 10.6. The molecule has 0 unspecified atom stereocenters. The van der Waals surface area contributed by atoms with Crippen LogP contribution in [0.25, 0.3) is 5.65 Å². The maximum atomic E-state index is 13.0. The van der Waals surface area contributed by atoms with Gasteiger partial charge in [0.1, 0.15) is 11.3 Å². The Labute approximate surface area is 137 Å². The van der Waals surface area contributed by atoms with Gasteiger partial charge in [-0.3, -0.25) is 9.20 Å². The summed E-state index contributed by atoms with van der Waals surface area (Å²) in [5.41, 5.74) is 2.14. The topological polar surface area (TPSA) is 37.6 Å². The Balaban J connectivity index is 2.36. The van der Waals surface area contributed by atoms with Crippen LogP contribution in [0.4, 0.5) is 0 Å². The molecular weight excluding hydrogens is 298 g/mol. The number of unbranched alkanes of at least 4 members (excludes halogenated alkanes) is 2. The fraction of sp³-hybridized carbons (Fsp3) is 0.529. The summed E-state index contributed by atoms with van der Waals surface area (Å²) in [6, 6.07) is 3.64. The highest BCUT2D eigenvalue weighted by Gasteiger charge is 2.22. The molecule has 0 radical (unpaired) electrons. The van der Waals surface area contributed by atoms with Crippen LogP contribution in [0.2, 0.25) is 5.02 Å². The molecule has 2 heterocycles. The summed E-state index contributed by atoms with van der Waals surface area (Å²) in [5.74, 6) is 0.0502. The Morgan fingerprint density at radius 1 is 1.23 bits per heavy atom. The Bertz CT molecular complexity index is 643. The van der Waals surface area contributed by atoms with Crippen LogP contribution in [0.5, 0.6) is 0 Å². The van der Waals surface area contributed by atoms with Gasteiger partial charge in [0.25, 0.3) is 5.91 Å². The maximum Gasteiger partial charge on any atom is 0.272 e. The van der Waals surface area contributed by atoms with Crippen molar-refractivity contribution in [3.63, 3.8) is 0 Å². The minimum Gasteiger partial charge on any atom is -0.337 e. The summed E-state index contributed by atoms with van der Waals surface area (Å²) in [5, 5.41) is 0.604. The minimum absolute atomic E-state index is 0.0502. The molecule has 0 saturated heterocycles. The van der Waals surface area contributed by atoms with Gasteiger partial charge in [-0.05, 0) is 31.9 Å². The van der Waals surface area contributed by atoms with E-state index in [0.717, 1.165) is 50.1 Å². The fourth-order valence-corrected chi connectivity index (χ4v) is 2.72. The van der Waals surface area contributed by atoms with Crippen LogP contribution in [0.1, 0.15) is 55.7 Å². The number of halogens is 1. The van der Waals surface area contributed by atoms with Gasteiger partial charge in [-0.15, -0.1) is 0 Å². The average molecular weight is 322 g/mol. The van der Waals surface area contributed by atoms with Gasteiger partial charge in [-0.1, -0.05) is 38.3 Å². The summed E-state index contributed by atoms with van der Waals surface area (Å²) in [6.45, 7) is 7.75. The molecule has 0 spiro atoms. The van der Waals surface area contributed by atoms with Crippen LogP contribution in [-0.4, -0.2) is 33.3 Å². The third kappa shape index (κ3) is 3.61. The zero-order chi connectivity index (χ0) is 16.1. The van der Waals surface area contributed by atoms with Crippen molar-refractivity contribution in [2.45, 2.75) is 46.5 Å². The highest BCUT2D eigenvalue weighted by molar-refractivity contribution is 6.30. The highest BCUT2D eigenvalue weighted by atomic mass is 35.5. The second-order valence-corrected chi connectivity index (χ2v) is 6.06. The standard InChI is InChI=1S/C17H24ClN3O/c1-4-6-10-20(11-7-5-2)17(22)16-13(3)19-15-9-8-14(18)12-21(15)16/h8-9,12H,4-7,10-11H2,1-3H3. The molecule has 2 aromatic rings. The van der Waals surface area contributed by atoms with Crippen molar-refractivity contribution >= 4 is 23.2 Å². The van der Waals surface area contributed by atoms with Crippen molar-refractivity contribution in [3.8, 4) is 0 Å². The van der Waals surface area contributed by atoms with E-state index >= 15 is 0 Å². The molecule has 0 aliphatic rings. The molecule has 0 bridgehead atoms. The Morgan fingerprint density at radius 2 is 1.86 bits per heavy atom. The van der Waals surface area contributed by atoms with Crippen LogP contribution in [0, 0.1) is 6.92 Å². The van der Waals surface area contributed by atoms with Crippen molar-refractivity contribution in [2.75, 3.05) is 13.1 Å². The Hall–Kier alpha value is -1.55. The quantitative estimate of drug-likeness (QED) is 0.760. The van der Waals surface area contributed by atoms with Gasteiger partial charge < -0.3 is 4.90 Å². The summed E-state index contributed by atoms with van der Waals surface area (Å²) in [7, 11) is 0. The van der Waals surface area contributed by atoms with E-state index in [-0.39, 0.29) is 5.91 Å². The van der Waals surface area contributed by atoms with E-state index in [4.69, 9.17) is 11.6 Å². The summed E-state index contributed by atoms with van der Waals surface area (Å²) >= 11 is 6.08. The lowest BCUT2D eigenvalue weighted by atomic mass is 10.2. The number of carbonyl (C=O) groups is 1. The van der Waals surface area contributed by atoms with Crippen LogP contribution in [-0.2, 0) is 0 Å². The monoisotopic (exact) mass is 321 g/mol. The molecule has 2 aromatic heterocycles. The molecule has 0 aromatic carbocycles. The molecule has 0 atom stereocenters. The molecule has 0 N–H and O–H groups in total. The van der Waals surface area contributed by atoms with Crippen molar-refractivity contribution < 1.29 is 4.79 Å². The van der Waals surface area contributed by atoms with Crippen molar-refractivity contribution in [1.29, 1.82) is 0 Å². The van der Waals surface area contributed by atoms with Gasteiger partial charge in [0.05, 0.1) is 10.7 Å². The molecule has 0 fully saturated rings. The number of hydrogen-bond acceptors (Lipinski definition) is 2. The van der Waals surface area contributed by atoms with Gasteiger partial charge in [-0.2, -0.15) is 0 Å². The molecule has 0 aliphatic carbocycles. The fourth-order valence-electron chi connectivity index (χ4n) is 2.56. The Kier molecular flexibility index (Phi) is 5.83. The molecule has 4 nitrogen and oxygen atoms in total. The SMILES string of the molecule is CCCCN(CCCC)C(=O)c1c(C)nc2ccc(Cl)cn12. The summed E-state index contributed by atoms with van der Waals surface area (Å²) in [4.78, 5) is 19.4. The average Bonchev–Trinajstić information content (AvgIpc) is 2.82.